The Kier molecular flexibility index (Phi) is 7.25. The summed E-state index contributed by atoms with van der Waals surface area (Å²) in [6, 6.07) is 15.7. The van der Waals surface area contributed by atoms with Crippen molar-refractivity contribution < 1.29 is 19.4 Å². The Morgan fingerprint density at radius 3 is 2.38 bits per heavy atom. The third kappa shape index (κ3) is 6.06. The molecule has 6 nitrogen and oxygen atoms in total. The summed E-state index contributed by atoms with van der Waals surface area (Å²) in [6.07, 6.45) is 3.57. The lowest BCUT2D eigenvalue weighted by atomic mass is 9.81. The van der Waals surface area contributed by atoms with Crippen molar-refractivity contribution in [2.45, 2.75) is 38.1 Å². The van der Waals surface area contributed by atoms with Crippen LogP contribution in [0.2, 0.25) is 0 Å². The highest BCUT2D eigenvalue weighted by atomic mass is 16.5. The largest absolute Gasteiger partial charge is 0.480 e. The molecule has 1 fully saturated rings. The van der Waals surface area contributed by atoms with Crippen molar-refractivity contribution in [2.24, 2.45) is 17.6 Å². The van der Waals surface area contributed by atoms with Crippen molar-refractivity contribution in [3.63, 3.8) is 0 Å². The van der Waals surface area contributed by atoms with E-state index >= 15 is 0 Å². The van der Waals surface area contributed by atoms with Crippen LogP contribution in [0.3, 0.4) is 0 Å². The molecular formula is C23H28N2O4. The molecule has 2 aromatic carbocycles. The van der Waals surface area contributed by atoms with E-state index in [0.29, 0.717) is 24.0 Å². The SMILES string of the molecule is NCC1CCC(C(=O)N[C@@H](Cc2cccc(Oc3ccccc3)c2)C(=O)O)CC1. The first-order valence-corrected chi connectivity index (χ1v) is 10.1. The van der Waals surface area contributed by atoms with Gasteiger partial charge in [0.15, 0.2) is 0 Å². The Labute approximate surface area is 171 Å². The van der Waals surface area contributed by atoms with E-state index in [9.17, 15) is 14.7 Å². The van der Waals surface area contributed by atoms with Gasteiger partial charge in [0.1, 0.15) is 17.5 Å². The Hall–Kier alpha value is -2.86. The highest BCUT2D eigenvalue weighted by molar-refractivity contribution is 5.85. The van der Waals surface area contributed by atoms with Gasteiger partial charge in [-0.1, -0.05) is 30.3 Å². The summed E-state index contributed by atoms with van der Waals surface area (Å²) >= 11 is 0. The van der Waals surface area contributed by atoms with Crippen LogP contribution in [0.15, 0.2) is 54.6 Å². The maximum Gasteiger partial charge on any atom is 0.326 e. The maximum atomic E-state index is 12.6. The zero-order valence-electron chi connectivity index (χ0n) is 16.4. The van der Waals surface area contributed by atoms with Crippen LogP contribution in [0, 0.1) is 11.8 Å². The van der Waals surface area contributed by atoms with E-state index in [1.165, 1.54) is 0 Å². The molecule has 0 heterocycles. The molecule has 1 aliphatic rings. The molecule has 0 bridgehead atoms. The fourth-order valence-corrected chi connectivity index (χ4v) is 3.75. The molecule has 2 aromatic rings. The summed E-state index contributed by atoms with van der Waals surface area (Å²) in [6.45, 7) is 0.646. The number of carboxylic acids is 1. The van der Waals surface area contributed by atoms with E-state index in [1.54, 1.807) is 0 Å². The summed E-state index contributed by atoms with van der Waals surface area (Å²) in [4.78, 5) is 24.3. The summed E-state index contributed by atoms with van der Waals surface area (Å²) in [5.41, 5.74) is 6.49. The van der Waals surface area contributed by atoms with Crippen molar-refractivity contribution in [1.29, 1.82) is 0 Å². The molecule has 0 unspecified atom stereocenters. The predicted octanol–water partition coefficient (Wildman–Crippen LogP) is 3.36. The molecule has 1 atom stereocenters. The van der Waals surface area contributed by atoms with Gasteiger partial charge < -0.3 is 20.9 Å². The number of aliphatic carboxylic acids is 1. The van der Waals surface area contributed by atoms with Gasteiger partial charge in [0, 0.05) is 12.3 Å². The highest BCUT2D eigenvalue weighted by Crippen LogP contribution is 2.28. The average Bonchev–Trinajstić information content (AvgIpc) is 2.74. The van der Waals surface area contributed by atoms with Gasteiger partial charge in [0.2, 0.25) is 5.91 Å². The minimum absolute atomic E-state index is 0.132. The van der Waals surface area contributed by atoms with E-state index in [1.807, 2.05) is 54.6 Å². The van der Waals surface area contributed by atoms with Crippen LogP contribution in [-0.4, -0.2) is 29.6 Å². The number of para-hydroxylation sites is 1. The Balaban J connectivity index is 1.61. The molecular weight excluding hydrogens is 368 g/mol. The van der Waals surface area contributed by atoms with Crippen molar-refractivity contribution in [2.75, 3.05) is 6.54 Å². The van der Waals surface area contributed by atoms with Crippen LogP contribution in [-0.2, 0) is 16.0 Å². The summed E-state index contributed by atoms with van der Waals surface area (Å²) in [7, 11) is 0. The quantitative estimate of drug-likeness (QED) is 0.635. The Bertz CT molecular complexity index is 817. The predicted molar refractivity (Wildman–Crippen MR) is 111 cm³/mol. The summed E-state index contributed by atoms with van der Waals surface area (Å²) < 4.78 is 5.81. The molecule has 0 spiro atoms. The molecule has 0 radical (unpaired) electrons. The first-order valence-electron chi connectivity index (χ1n) is 10.1. The van der Waals surface area contributed by atoms with E-state index in [4.69, 9.17) is 10.5 Å². The number of hydrogen-bond donors (Lipinski definition) is 3. The number of nitrogens with one attached hydrogen (secondary N) is 1. The number of carbonyl (C=O) groups is 2. The average molecular weight is 396 g/mol. The second-order valence-corrected chi connectivity index (χ2v) is 7.62. The Morgan fingerprint density at radius 2 is 1.72 bits per heavy atom. The molecule has 154 valence electrons. The molecule has 6 heteroatoms. The number of carboxylic acid groups (broad SMARTS) is 1. The van der Waals surface area contributed by atoms with Gasteiger partial charge in [-0.05, 0) is 68.0 Å². The normalized spacial score (nSPS) is 19.9. The van der Waals surface area contributed by atoms with Crippen molar-refractivity contribution in [3.05, 3.63) is 60.2 Å². The monoisotopic (exact) mass is 396 g/mol. The number of amides is 1. The van der Waals surface area contributed by atoms with Crippen molar-refractivity contribution in [3.8, 4) is 11.5 Å². The minimum Gasteiger partial charge on any atom is -0.480 e. The fraction of sp³-hybridized carbons (Fsp3) is 0.391. The standard InChI is InChI=1S/C23H28N2O4/c24-15-16-9-11-18(12-10-16)22(26)25-21(23(27)28)14-17-5-4-8-20(13-17)29-19-6-2-1-3-7-19/h1-8,13,16,18,21H,9-12,14-15,24H2,(H,25,26)(H,27,28)/t16?,18?,21-/m0/s1. The van der Waals surface area contributed by atoms with Gasteiger partial charge in [-0.2, -0.15) is 0 Å². The lowest BCUT2D eigenvalue weighted by molar-refractivity contribution is -0.142. The molecule has 3 rings (SSSR count). The molecule has 0 saturated heterocycles. The fourth-order valence-electron chi connectivity index (χ4n) is 3.75. The van der Waals surface area contributed by atoms with Crippen LogP contribution in [0.1, 0.15) is 31.2 Å². The van der Waals surface area contributed by atoms with Gasteiger partial charge in [0.05, 0.1) is 0 Å². The third-order valence-electron chi connectivity index (χ3n) is 5.48. The Morgan fingerprint density at radius 1 is 1.03 bits per heavy atom. The maximum absolute atomic E-state index is 12.6. The van der Waals surface area contributed by atoms with E-state index in [-0.39, 0.29) is 18.2 Å². The first kappa shape index (κ1) is 20.9. The number of ether oxygens (including phenoxy) is 1. The number of carbonyl (C=O) groups excluding carboxylic acids is 1. The second-order valence-electron chi connectivity index (χ2n) is 7.62. The third-order valence-corrected chi connectivity index (χ3v) is 5.48. The lowest BCUT2D eigenvalue weighted by Gasteiger charge is -2.27. The van der Waals surface area contributed by atoms with Crippen LogP contribution in [0.5, 0.6) is 11.5 Å². The zero-order chi connectivity index (χ0) is 20.6. The second kappa shape index (κ2) is 10.1. The van der Waals surface area contributed by atoms with Gasteiger partial charge in [-0.3, -0.25) is 4.79 Å². The molecule has 1 aliphatic carbocycles. The number of benzene rings is 2. The molecule has 1 amide bonds. The van der Waals surface area contributed by atoms with Crippen LogP contribution < -0.4 is 15.8 Å². The molecule has 4 N–H and O–H groups in total. The van der Waals surface area contributed by atoms with Crippen LogP contribution in [0.4, 0.5) is 0 Å². The molecule has 0 aromatic heterocycles. The lowest BCUT2D eigenvalue weighted by Crippen LogP contribution is -2.45. The number of nitrogens with two attached hydrogens (primary N) is 1. The topological polar surface area (TPSA) is 102 Å². The van der Waals surface area contributed by atoms with E-state index in [2.05, 4.69) is 5.32 Å². The number of rotatable bonds is 8. The van der Waals surface area contributed by atoms with Gasteiger partial charge in [-0.25, -0.2) is 4.79 Å². The summed E-state index contributed by atoms with van der Waals surface area (Å²) in [5, 5.41) is 12.3. The van der Waals surface area contributed by atoms with Crippen molar-refractivity contribution >= 4 is 11.9 Å². The molecule has 1 saturated carbocycles. The van der Waals surface area contributed by atoms with Crippen LogP contribution >= 0.6 is 0 Å². The highest BCUT2D eigenvalue weighted by Gasteiger charge is 2.29. The van der Waals surface area contributed by atoms with Gasteiger partial charge >= 0.3 is 5.97 Å². The minimum atomic E-state index is -1.04. The zero-order valence-corrected chi connectivity index (χ0v) is 16.4. The van der Waals surface area contributed by atoms with Crippen LogP contribution in [0.25, 0.3) is 0 Å². The van der Waals surface area contributed by atoms with E-state index < -0.39 is 12.0 Å². The first-order chi connectivity index (χ1) is 14.0. The number of hydrogen-bond acceptors (Lipinski definition) is 4. The smallest absolute Gasteiger partial charge is 0.326 e. The van der Waals surface area contributed by atoms with Crippen molar-refractivity contribution in [1.82, 2.24) is 5.32 Å². The summed E-state index contributed by atoms with van der Waals surface area (Å²) in [5.74, 6) is 0.465. The molecule has 29 heavy (non-hydrogen) atoms. The van der Waals surface area contributed by atoms with Gasteiger partial charge in [-0.15, -0.1) is 0 Å². The van der Waals surface area contributed by atoms with Gasteiger partial charge in [0.25, 0.3) is 0 Å². The molecule has 0 aliphatic heterocycles. The van der Waals surface area contributed by atoms with E-state index in [0.717, 1.165) is 31.2 Å².